The van der Waals surface area contributed by atoms with Gasteiger partial charge in [-0.1, -0.05) is 0 Å². The molecule has 2 heterocycles. The molecular weight excluding hydrogens is 272 g/mol. The summed E-state index contributed by atoms with van der Waals surface area (Å²) in [5.41, 5.74) is 0.761. The van der Waals surface area contributed by atoms with Crippen LogP contribution in [-0.4, -0.2) is 46.1 Å². The molecule has 2 rings (SSSR count). The summed E-state index contributed by atoms with van der Waals surface area (Å²) in [6, 6.07) is 1.40. The Bertz CT molecular complexity index is 422. The molecule has 98 valence electrons. The highest BCUT2D eigenvalue weighted by atomic mass is 32.2. The van der Waals surface area contributed by atoms with Gasteiger partial charge in [0.2, 0.25) is 0 Å². The van der Waals surface area contributed by atoms with Gasteiger partial charge >= 0.3 is 12.0 Å². The van der Waals surface area contributed by atoms with Gasteiger partial charge in [0.15, 0.2) is 0 Å². The van der Waals surface area contributed by atoms with Gasteiger partial charge in [0, 0.05) is 23.4 Å². The Morgan fingerprint density at radius 1 is 1.56 bits per heavy atom. The van der Waals surface area contributed by atoms with Gasteiger partial charge in [-0.25, -0.2) is 4.79 Å². The molecule has 1 atom stereocenters. The Balaban J connectivity index is 1.99. The molecule has 0 radical (unpaired) electrons. The van der Waals surface area contributed by atoms with Crippen molar-refractivity contribution in [3.05, 3.63) is 16.8 Å². The number of aliphatic carboxylic acids is 1. The summed E-state index contributed by atoms with van der Waals surface area (Å²) in [6.07, 6.45) is 0.00402. The fraction of sp³-hybridized carbons (Fsp3) is 0.455. The fourth-order valence-electron chi connectivity index (χ4n) is 1.82. The quantitative estimate of drug-likeness (QED) is 0.893. The zero-order chi connectivity index (χ0) is 13.0. The maximum absolute atomic E-state index is 12.1. The number of thioether (sulfide) groups is 1. The van der Waals surface area contributed by atoms with Crippen LogP contribution in [0.4, 0.5) is 10.5 Å². The lowest BCUT2D eigenvalue weighted by molar-refractivity contribution is -0.137. The number of nitrogens with one attached hydrogen (secondary N) is 1. The molecule has 0 saturated carbocycles. The maximum Gasteiger partial charge on any atom is 0.322 e. The van der Waals surface area contributed by atoms with Crippen LogP contribution in [0, 0.1) is 0 Å². The Labute approximate surface area is 113 Å². The molecule has 1 saturated heterocycles. The number of hydrogen-bond acceptors (Lipinski definition) is 4. The molecule has 2 amide bonds. The van der Waals surface area contributed by atoms with E-state index in [0.29, 0.717) is 12.3 Å². The number of carboxylic acid groups (broad SMARTS) is 1. The summed E-state index contributed by atoms with van der Waals surface area (Å²) >= 11 is 3.20. The van der Waals surface area contributed by atoms with Gasteiger partial charge in [-0.2, -0.15) is 23.1 Å². The number of carboxylic acids is 1. The summed E-state index contributed by atoms with van der Waals surface area (Å²) in [5.74, 6) is 0.673. The number of urea groups is 1. The third-order valence-electron chi connectivity index (χ3n) is 2.67. The van der Waals surface area contributed by atoms with Crippen molar-refractivity contribution in [3.8, 4) is 0 Å². The third-order valence-corrected chi connectivity index (χ3v) is 4.45. The van der Waals surface area contributed by atoms with Crippen molar-refractivity contribution in [2.45, 2.75) is 12.5 Å². The minimum Gasteiger partial charge on any atom is -0.481 e. The van der Waals surface area contributed by atoms with Crippen LogP contribution in [0.15, 0.2) is 16.8 Å². The van der Waals surface area contributed by atoms with Crippen LogP contribution in [0.2, 0.25) is 0 Å². The average molecular weight is 286 g/mol. The molecule has 1 aromatic rings. The lowest BCUT2D eigenvalue weighted by Crippen LogP contribution is -2.48. The van der Waals surface area contributed by atoms with Crippen LogP contribution in [-0.2, 0) is 4.79 Å². The first-order valence-corrected chi connectivity index (χ1v) is 7.66. The van der Waals surface area contributed by atoms with Gasteiger partial charge in [0.1, 0.15) is 0 Å². The number of anilines is 1. The monoisotopic (exact) mass is 286 g/mol. The van der Waals surface area contributed by atoms with E-state index in [9.17, 15) is 9.59 Å². The van der Waals surface area contributed by atoms with E-state index in [2.05, 4.69) is 5.32 Å². The lowest BCUT2D eigenvalue weighted by Gasteiger charge is -2.34. The second-order valence-electron chi connectivity index (χ2n) is 3.96. The van der Waals surface area contributed by atoms with Gasteiger partial charge < -0.3 is 15.3 Å². The molecule has 18 heavy (non-hydrogen) atoms. The van der Waals surface area contributed by atoms with Crippen LogP contribution >= 0.6 is 23.1 Å². The standard InChI is InChI=1S/C11H14N2O3S2/c14-10(15)5-9-7-18-4-2-13(9)11(16)12-8-1-3-17-6-8/h1,3,6,9H,2,4-5,7H2,(H,12,16)(H,14,15). The van der Waals surface area contributed by atoms with E-state index in [1.54, 1.807) is 16.7 Å². The van der Waals surface area contributed by atoms with E-state index in [-0.39, 0.29) is 18.5 Å². The summed E-state index contributed by atoms with van der Waals surface area (Å²) < 4.78 is 0. The SMILES string of the molecule is O=C(O)CC1CSCCN1C(=O)Nc1ccsc1. The van der Waals surface area contributed by atoms with Crippen LogP contribution < -0.4 is 5.32 Å². The topological polar surface area (TPSA) is 69.6 Å². The first kappa shape index (κ1) is 13.2. The summed E-state index contributed by atoms with van der Waals surface area (Å²) in [4.78, 5) is 24.5. The lowest BCUT2D eigenvalue weighted by atomic mass is 10.2. The number of rotatable bonds is 3. The number of nitrogens with zero attached hydrogens (tertiary/aromatic N) is 1. The second kappa shape index (κ2) is 6.10. The average Bonchev–Trinajstić information content (AvgIpc) is 2.81. The Kier molecular flexibility index (Phi) is 4.48. The van der Waals surface area contributed by atoms with Crippen molar-refractivity contribution in [1.29, 1.82) is 0 Å². The molecule has 0 aliphatic carbocycles. The van der Waals surface area contributed by atoms with Crippen LogP contribution in [0.1, 0.15) is 6.42 Å². The number of thiophene rings is 1. The molecule has 2 N–H and O–H groups in total. The highest BCUT2D eigenvalue weighted by Crippen LogP contribution is 2.21. The van der Waals surface area contributed by atoms with E-state index in [0.717, 1.165) is 11.4 Å². The molecule has 0 aromatic carbocycles. The largest absolute Gasteiger partial charge is 0.481 e. The summed E-state index contributed by atoms with van der Waals surface area (Å²) in [5, 5.41) is 15.4. The molecule has 7 heteroatoms. The zero-order valence-electron chi connectivity index (χ0n) is 9.67. The second-order valence-corrected chi connectivity index (χ2v) is 5.89. The van der Waals surface area contributed by atoms with Gasteiger partial charge in [-0.15, -0.1) is 0 Å². The fourth-order valence-corrected chi connectivity index (χ4v) is 3.47. The minimum absolute atomic E-state index is 0.00402. The normalized spacial score (nSPS) is 19.6. The van der Waals surface area contributed by atoms with Crippen molar-refractivity contribution in [2.24, 2.45) is 0 Å². The number of carbonyl (C=O) groups excluding carboxylic acids is 1. The molecule has 1 unspecified atom stereocenters. The first-order valence-electron chi connectivity index (χ1n) is 5.56. The van der Waals surface area contributed by atoms with Gasteiger partial charge in [0.05, 0.1) is 18.2 Å². The predicted octanol–water partition coefficient (Wildman–Crippen LogP) is 2.17. The van der Waals surface area contributed by atoms with Crippen LogP contribution in [0.5, 0.6) is 0 Å². The smallest absolute Gasteiger partial charge is 0.322 e. The van der Waals surface area contributed by atoms with Crippen molar-refractivity contribution < 1.29 is 14.7 Å². The highest BCUT2D eigenvalue weighted by molar-refractivity contribution is 7.99. The van der Waals surface area contributed by atoms with E-state index in [1.165, 1.54) is 11.3 Å². The van der Waals surface area contributed by atoms with E-state index in [1.807, 2.05) is 16.8 Å². The molecule has 1 fully saturated rings. The maximum atomic E-state index is 12.1. The van der Waals surface area contributed by atoms with Crippen molar-refractivity contribution in [3.63, 3.8) is 0 Å². The molecule has 1 aromatic heterocycles. The van der Waals surface area contributed by atoms with Crippen molar-refractivity contribution in [1.82, 2.24) is 4.90 Å². The molecule has 0 spiro atoms. The highest BCUT2D eigenvalue weighted by Gasteiger charge is 2.28. The minimum atomic E-state index is -0.865. The third kappa shape index (κ3) is 3.39. The summed E-state index contributed by atoms with van der Waals surface area (Å²) in [7, 11) is 0. The Hall–Kier alpha value is -1.21. The number of amides is 2. The molecule has 1 aliphatic rings. The molecular formula is C11H14N2O3S2. The number of carbonyl (C=O) groups is 2. The Morgan fingerprint density at radius 2 is 2.39 bits per heavy atom. The number of hydrogen-bond donors (Lipinski definition) is 2. The Morgan fingerprint density at radius 3 is 3.06 bits per heavy atom. The molecule has 5 nitrogen and oxygen atoms in total. The van der Waals surface area contributed by atoms with Gasteiger partial charge in [-0.3, -0.25) is 4.79 Å². The summed E-state index contributed by atoms with van der Waals surface area (Å²) in [6.45, 7) is 0.596. The van der Waals surface area contributed by atoms with Crippen molar-refractivity contribution >= 4 is 40.8 Å². The predicted molar refractivity (Wildman–Crippen MR) is 73.4 cm³/mol. The molecule has 0 bridgehead atoms. The van der Waals surface area contributed by atoms with Crippen LogP contribution in [0.3, 0.4) is 0 Å². The van der Waals surface area contributed by atoms with Gasteiger partial charge in [-0.05, 0) is 11.4 Å². The molecule has 1 aliphatic heterocycles. The van der Waals surface area contributed by atoms with Gasteiger partial charge in [0.25, 0.3) is 0 Å². The van der Waals surface area contributed by atoms with Crippen molar-refractivity contribution in [2.75, 3.05) is 23.4 Å². The zero-order valence-corrected chi connectivity index (χ0v) is 11.3. The van der Waals surface area contributed by atoms with E-state index in [4.69, 9.17) is 5.11 Å². The van der Waals surface area contributed by atoms with E-state index < -0.39 is 5.97 Å². The van der Waals surface area contributed by atoms with E-state index >= 15 is 0 Å². The first-order chi connectivity index (χ1) is 8.66. The van der Waals surface area contributed by atoms with Crippen LogP contribution in [0.25, 0.3) is 0 Å².